The van der Waals surface area contributed by atoms with E-state index < -0.39 is 23.6 Å². The van der Waals surface area contributed by atoms with Gasteiger partial charge >= 0.3 is 5.97 Å². The van der Waals surface area contributed by atoms with Crippen LogP contribution in [0.4, 0.5) is 15.1 Å². The Labute approximate surface area is 180 Å². The number of ether oxygens (including phenoxy) is 1. The van der Waals surface area contributed by atoms with Gasteiger partial charge in [0.2, 0.25) is 0 Å². The lowest BCUT2D eigenvalue weighted by Gasteiger charge is -2.06. The molecule has 3 aromatic rings. The second-order valence-electron chi connectivity index (χ2n) is 6.15. The van der Waals surface area contributed by atoms with Crippen LogP contribution in [0, 0.1) is 12.7 Å². The average Bonchev–Trinajstić information content (AvgIpc) is 3.05. The molecule has 0 aliphatic heterocycles. The maximum Gasteiger partial charge on any atom is 0.341 e. The number of hydrogen-bond donors (Lipinski definition) is 2. The van der Waals surface area contributed by atoms with Gasteiger partial charge in [-0.15, -0.1) is 11.3 Å². The van der Waals surface area contributed by atoms with Crippen molar-refractivity contribution < 1.29 is 23.5 Å². The van der Waals surface area contributed by atoms with E-state index in [2.05, 4.69) is 10.6 Å². The minimum atomic E-state index is -0.746. The molecule has 0 spiro atoms. The topological polar surface area (TPSA) is 84.5 Å². The lowest BCUT2D eigenvalue weighted by Crippen LogP contribution is -2.15. The third kappa shape index (κ3) is 4.50. The molecular weight excluding hydrogens is 431 g/mol. The number of carbonyl (C=O) groups excluding carboxylic acids is 3. The van der Waals surface area contributed by atoms with Crippen LogP contribution in [0.2, 0.25) is 5.02 Å². The van der Waals surface area contributed by atoms with Crippen molar-refractivity contribution in [2.45, 2.75) is 6.92 Å². The van der Waals surface area contributed by atoms with Crippen LogP contribution >= 0.6 is 22.9 Å². The zero-order valence-corrected chi connectivity index (χ0v) is 17.5. The summed E-state index contributed by atoms with van der Waals surface area (Å²) < 4.78 is 18.7. The molecule has 0 aliphatic carbocycles. The summed E-state index contributed by atoms with van der Waals surface area (Å²) in [6, 6.07) is 12.0. The molecule has 0 radical (unpaired) electrons. The monoisotopic (exact) mass is 446 g/mol. The Morgan fingerprint density at radius 1 is 1.00 bits per heavy atom. The van der Waals surface area contributed by atoms with Crippen molar-refractivity contribution in [3.63, 3.8) is 0 Å². The van der Waals surface area contributed by atoms with E-state index in [4.69, 9.17) is 16.3 Å². The Kier molecular flexibility index (Phi) is 6.49. The van der Waals surface area contributed by atoms with Gasteiger partial charge in [-0.05, 0) is 48.9 Å². The number of methoxy groups -OCH3 is 1. The molecule has 2 aromatic carbocycles. The number of thiophene rings is 1. The summed E-state index contributed by atoms with van der Waals surface area (Å²) in [5.41, 5.74) is 0.691. The first kappa shape index (κ1) is 21.5. The Balaban J connectivity index is 1.94. The largest absolute Gasteiger partial charge is 0.465 e. The van der Waals surface area contributed by atoms with Gasteiger partial charge in [-0.1, -0.05) is 23.7 Å². The zero-order valence-electron chi connectivity index (χ0n) is 15.9. The van der Waals surface area contributed by atoms with Crippen LogP contribution in [0.25, 0.3) is 0 Å². The van der Waals surface area contributed by atoms with Gasteiger partial charge in [0, 0.05) is 10.7 Å². The zero-order chi connectivity index (χ0) is 21.8. The summed E-state index contributed by atoms with van der Waals surface area (Å²) >= 11 is 6.74. The third-order valence-electron chi connectivity index (χ3n) is 4.19. The number of hydrogen-bond acceptors (Lipinski definition) is 5. The molecule has 6 nitrogen and oxygen atoms in total. The van der Waals surface area contributed by atoms with Gasteiger partial charge in [0.1, 0.15) is 10.8 Å². The van der Waals surface area contributed by atoms with Crippen molar-refractivity contribution in [1.82, 2.24) is 0 Å². The molecule has 0 saturated heterocycles. The molecule has 0 aliphatic rings. The summed E-state index contributed by atoms with van der Waals surface area (Å²) in [6.07, 6.45) is 0. The molecule has 0 bridgehead atoms. The Hall–Kier alpha value is -3.23. The molecule has 0 saturated carbocycles. The SMILES string of the molecule is COC(=O)c1c(NC(=O)c2ccccc2F)sc(C(=O)Nc2ccc(Cl)cc2)c1C. The molecule has 0 unspecified atom stereocenters. The van der Waals surface area contributed by atoms with E-state index in [9.17, 15) is 18.8 Å². The molecule has 0 atom stereocenters. The summed E-state index contributed by atoms with van der Waals surface area (Å²) in [4.78, 5) is 37.7. The standard InChI is InChI=1S/C21H16ClFN2O4S/c1-11-16(21(28)29-2)20(25-18(26)14-5-3-4-6-15(14)23)30-17(11)19(27)24-13-9-7-12(22)8-10-13/h3-10H,1-2H3,(H,24,27)(H,25,26). The van der Waals surface area contributed by atoms with E-state index >= 15 is 0 Å². The number of benzene rings is 2. The number of amides is 2. The van der Waals surface area contributed by atoms with E-state index in [1.54, 1.807) is 31.2 Å². The maximum atomic E-state index is 13.9. The van der Waals surface area contributed by atoms with E-state index in [0.717, 1.165) is 17.4 Å². The fourth-order valence-corrected chi connectivity index (χ4v) is 3.91. The molecule has 1 heterocycles. The van der Waals surface area contributed by atoms with Gasteiger partial charge in [-0.25, -0.2) is 9.18 Å². The molecule has 3 rings (SSSR count). The van der Waals surface area contributed by atoms with Gasteiger partial charge in [0.15, 0.2) is 0 Å². The average molecular weight is 447 g/mol. The van der Waals surface area contributed by atoms with Gasteiger partial charge in [-0.3, -0.25) is 9.59 Å². The van der Waals surface area contributed by atoms with Crippen LogP contribution in [0.1, 0.15) is 36.0 Å². The first-order valence-electron chi connectivity index (χ1n) is 8.66. The predicted molar refractivity (Wildman–Crippen MR) is 114 cm³/mol. The quantitative estimate of drug-likeness (QED) is 0.531. The highest BCUT2D eigenvalue weighted by Crippen LogP contribution is 2.34. The molecule has 9 heteroatoms. The van der Waals surface area contributed by atoms with Crippen molar-refractivity contribution in [2.24, 2.45) is 0 Å². The predicted octanol–water partition coefficient (Wildman–Crippen LogP) is 5.14. The minimum absolute atomic E-state index is 0.0356. The Morgan fingerprint density at radius 3 is 2.30 bits per heavy atom. The molecule has 2 N–H and O–H groups in total. The van der Waals surface area contributed by atoms with Crippen LogP contribution in [-0.2, 0) is 4.74 Å². The van der Waals surface area contributed by atoms with Crippen LogP contribution in [0.3, 0.4) is 0 Å². The summed E-state index contributed by atoms with van der Waals surface area (Å²) in [5.74, 6) is -2.65. The Morgan fingerprint density at radius 2 is 1.67 bits per heavy atom. The molecule has 1 aromatic heterocycles. The van der Waals surface area contributed by atoms with Crippen molar-refractivity contribution in [3.8, 4) is 0 Å². The van der Waals surface area contributed by atoms with E-state index in [1.807, 2.05) is 0 Å². The highest BCUT2D eigenvalue weighted by atomic mass is 35.5. The normalized spacial score (nSPS) is 10.4. The fraction of sp³-hybridized carbons (Fsp3) is 0.0952. The Bertz CT molecular complexity index is 1130. The minimum Gasteiger partial charge on any atom is -0.465 e. The lowest BCUT2D eigenvalue weighted by atomic mass is 10.1. The van der Waals surface area contributed by atoms with Gasteiger partial charge in [0.05, 0.1) is 23.1 Å². The van der Waals surface area contributed by atoms with Crippen molar-refractivity contribution in [2.75, 3.05) is 17.7 Å². The van der Waals surface area contributed by atoms with Crippen LogP contribution in [-0.4, -0.2) is 24.9 Å². The number of rotatable bonds is 5. The highest BCUT2D eigenvalue weighted by Gasteiger charge is 2.27. The van der Waals surface area contributed by atoms with Crippen molar-refractivity contribution in [3.05, 3.63) is 80.9 Å². The van der Waals surface area contributed by atoms with Crippen molar-refractivity contribution in [1.29, 1.82) is 0 Å². The lowest BCUT2D eigenvalue weighted by molar-refractivity contribution is 0.0601. The number of halogens is 2. The fourth-order valence-electron chi connectivity index (χ4n) is 2.70. The van der Waals surface area contributed by atoms with Crippen molar-refractivity contribution >= 4 is 51.4 Å². The molecule has 154 valence electrons. The summed E-state index contributed by atoms with van der Waals surface area (Å²) in [6.45, 7) is 1.57. The second kappa shape index (κ2) is 9.06. The molecule has 0 fully saturated rings. The number of carbonyl (C=O) groups is 3. The third-order valence-corrected chi connectivity index (χ3v) is 5.65. The summed E-state index contributed by atoms with van der Waals surface area (Å²) in [7, 11) is 1.19. The number of esters is 1. The molecule has 2 amide bonds. The van der Waals surface area contributed by atoms with E-state index in [1.165, 1.54) is 25.3 Å². The first-order valence-corrected chi connectivity index (χ1v) is 9.85. The summed E-state index contributed by atoms with van der Waals surface area (Å²) in [5, 5.41) is 5.83. The van der Waals surface area contributed by atoms with Gasteiger partial charge < -0.3 is 15.4 Å². The first-order chi connectivity index (χ1) is 14.3. The van der Waals surface area contributed by atoms with Gasteiger partial charge in [-0.2, -0.15) is 0 Å². The van der Waals surface area contributed by atoms with Gasteiger partial charge in [0.25, 0.3) is 11.8 Å². The van der Waals surface area contributed by atoms with E-state index in [0.29, 0.717) is 16.3 Å². The molecular formula is C21H16ClFN2O4S. The van der Waals surface area contributed by atoms with Crippen LogP contribution in [0.5, 0.6) is 0 Å². The highest BCUT2D eigenvalue weighted by molar-refractivity contribution is 7.19. The van der Waals surface area contributed by atoms with E-state index in [-0.39, 0.29) is 21.0 Å². The number of nitrogens with one attached hydrogen (secondary N) is 2. The smallest absolute Gasteiger partial charge is 0.341 e. The van der Waals surface area contributed by atoms with Crippen LogP contribution < -0.4 is 10.6 Å². The van der Waals surface area contributed by atoms with Crippen LogP contribution in [0.15, 0.2) is 48.5 Å². The number of anilines is 2. The second-order valence-corrected chi connectivity index (χ2v) is 7.60. The molecule has 30 heavy (non-hydrogen) atoms. The maximum absolute atomic E-state index is 13.9.